The lowest BCUT2D eigenvalue weighted by Crippen LogP contribution is -3.26. The van der Waals surface area contributed by atoms with Crippen LogP contribution in [0.2, 0.25) is 0 Å². The second-order valence-electron chi connectivity index (χ2n) is 4.84. The van der Waals surface area contributed by atoms with Gasteiger partial charge in [0.05, 0.1) is 14.2 Å². The molecule has 94 valence electrons. The summed E-state index contributed by atoms with van der Waals surface area (Å²) < 4.78 is 6.56. The number of quaternary nitrogens is 2. The zero-order chi connectivity index (χ0) is 12.3. The van der Waals surface area contributed by atoms with E-state index in [1.54, 1.807) is 16.9 Å². The molecule has 1 aliphatic heterocycles. The zero-order valence-corrected chi connectivity index (χ0v) is 12.1. The maximum absolute atomic E-state index is 5.42. The number of ether oxygens (including phenoxy) is 1. The van der Waals surface area contributed by atoms with Gasteiger partial charge in [0.1, 0.15) is 38.5 Å². The van der Waals surface area contributed by atoms with Gasteiger partial charge >= 0.3 is 0 Å². The van der Waals surface area contributed by atoms with E-state index in [1.807, 2.05) is 12.1 Å². The van der Waals surface area contributed by atoms with Gasteiger partial charge in [-0.1, -0.05) is 15.9 Å². The summed E-state index contributed by atoms with van der Waals surface area (Å²) in [6, 6.07) is 6.25. The summed E-state index contributed by atoms with van der Waals surface area (Å²) >= 11 is 3.53. The summed E-state index contributed by atoms with van der Waals surface area (Å²) in [6.45, 7) is 6.11. The molecule has 1 aromatic rings. The first-order valence-corrected chi connectivity index (χ1v) is 6.95. The molecule has 1 aliphatic rings. The van der Waals surface area contributed by atoms with E-state index in [0.29, 0.717) is 0 Å². The minimum Gasteiger partial charge on any atom is -0.496 e. The maximum Gasteiger partial charge on any atom is 0.127 e. The summed E-state index contributed by atoms with van der Waals surface area (Å²) in [5, 5.41) is 0. The number of halogens is 1. The average Bonchev–Trinajstić information content (AvgIpc) is 2.32. The Hall–Kier alpha value is -0.580. The molecule has 17 heavy (non-hydrogen) atoms. The molecule has 0 atom stereocenters. The van der Waals surface area contributed by atoms with Crippen molar-refractivity contribution in [3.8, 4) is 5.75 Å². The minimum absolute atomic E-state index is 1.01. The number of benzene rings is 1. The molecule has 0 radical (unpaired) electrons. The molecule has 4 heteroatoms. The van der Waals surface area contributed by atoms with Crippen molar-refractivity contribution in [2.24, 2.45) is 0 Å². The summed E-state index contributed by atoms with van der Waals surface area (Å²) in [5.74, 6) is 1.01. The Bertz CT molecular complexity index is 376. The normalized spacial score (nSPS) is 24.6. The predicted molar refractivity (Wildman–Crippen MR) is 71.7 cm³/mol. The molecule has 0 spiro atoms. The van der Waals surface area contributed by atoms with E-state index in [4.69, 9.17) is 4.74 Å². The van der Waals surface area contributed by atoms with E-state index in [0.717, 1.165) is 16.8 Å². The van der Waals surface area contributed by atoms with Crippen LogP contribution < -0.4 is 14.5 Å². The van der Waals surface area contributed by atoms with Crippen molar-refractivity contribution in [3.63, 3.8) is 0 Å². The fourth-order valence-corrected chi connectivity index (χ4v) is 2.77. The molecule has 0 unspecified atom stereocenters. The third-order valence-electron chi connectivity index (χ3n) is 3.49. The smallest absolute Gasteiger partial charge is 0.127 e. The van der Waals surface area contributed by atoms with Crippen LogP contribution in [-0.4, -0.2) is 40.3 Å². The Morgan fingerprint density at radius 1 is 1.24 bits per heavy atom. The lowest BCUT2D eigenvalue weighted by molar-refractivity contribution is -1.01. The highest BCUT2D eigenvalue weighted by Gasteiger charge is 2.21. The van der Waals surface area contributed by atoms with Crippen LogP contribution in [0.5, 0.6) is 5.75 Å². The molecule has 3 nitrogen and oxygen atoms in total. The van der Waals surface area contributed by atoms with E-state index in [9.17, 15) is 0 Å². The van der Waals surface area contributed by atoms with Crippen molar-refractivity contribution in [2.75, 3.05) is 40.3 Å². The highest BCUT2D eigenvalue weighted by Crippen LogP contribution is 2.22. The maximum atomic E-state index is 5.42. The summed E-state index contributed by atoms with van der Waals surface area (Å²) in [5.41, 5.74) is 1.30. The van der Waals surface area contributed by atoms with Crippen LogP contribution in [0.15, 0.2) is 22.7 Å². The van der Waals surface area contributed by atoms with Gasteiger partial charge in [0.25, 0.3) is 0 Å². The molecule has 1 saturated heterocycles. The molecular formula is C13H21BrN2O+2. The lowest BCUT2D eigenvalue weighted by atomic mass is 10.1. The largest absolute Gasteiger partial charge is 0.496 e. The number of rotatable bonds is 3. The second-order valence-corrected chi connectivity index (χ2v) is 5.76. The van der Waals surface area contributed by atoms with Crippen molar-refractivity contribution in [3.05, 3.63) is 28.2 Å². The fraction of sp³-hybridized carbons (Fsp3) is 0.538. The Balaban J connectivity index is 2.04. The Morgan fingerprint density at radius 3 is 2.59 bits per heavy atom. The first kappa shape index (κ1) is 12.9. The van der Waals surface area contributed by atoms with Gasteiger partial charge in [-0.05, 0) is 18.2 Å². The van der Waals surface area contributed by atoms with Gasteiger partial charge in [-0.15, -0.1) is 0 Å². The molecule has 0 aromatic heterocycles. The van der Waals surface area contributed by atoms with Crippen molar-refractivity contribution in [2.45, 2.75) is 6.54 Å². The van der Waals surface area contributed by atoms with Gasteiger partial charge in [0.2, 0.25) is 0 Å². The second kappa shape index (κ2) is 5.85. The number of nitrogens with one attached hydrogen (secondary N) is 2. The zero-order valence-electron chi connectivity index (χ0n) is 10.6. The topological polar surface area (TPSA) is 18.1 Å². The summed E-state index contributed by atoms with van der Waals surface area (Å²) in [7, 11) is 4.02. The van der Waals surface area contributed by atoms with Crippen LogP contribution in [0.3, 0.4) is 0 Å². The highest BCUT2D eigenvalue weighted by molar-refractivity contribution is 9.10. The van der Waals surface area contributed by atoms with Crippen molar-refractivity contribution in [1.29, 1.82) is 0 Å². The van der Waals surface area contributed by atoms with Crippen molar-refractivity contribution >= 4 is 15.9 Å². The van der Waals surface area contributed by atoms with Gasteiger partial charge in [-0.3, -0.25) is 0 Å². The summed E-state index contributed by atoms with van der Waals surface area (Å²) in [4.78, 5) is 3.31. The van der Waals surface area contributed by atoms with Crippen LogP contribution in [0.1, 0.15) is 5.56 Å². The van der Waals surface area contributed by atoms with E-state index >= 15 is 0 Å². The average molecular weight is 301 g/mol. The Morgan fingerprint density at radius 2 is 1.94 bits per heavy atom. The minimum atomic E-state index is 1.01. The highest BCUT2D eigenvalue weighted by atomic mass is 79.9. The standard InChI is InChI=1S/C13H19BrN2O/c1-15-5-7-16(8-6-15)10-11-9-12(14)3-4-13(11)17-2/h3-4,9H,5-8,10H2,1-2H3/p+2. The van der Waals surface area contributed by atoms with Gasteiger partial charge in [-0.2, -0.15) is 0 Å². The third-order valence-corrected chi connectivity index (χ3v) is 3.99. The Kier molecular flexibility index (Phi) is 4.42. The molecule has 0 amide bonds. The molecular weight excluding hydrogens is 280 g/mol. The van der Waals surface area contributed by atoms with Crippen LogP contribution in [-0.2, 0) is 6.54 Å². The van der Waals surface area contributed by atoms with Crippen molar-refractivity contribution in [1.82, 2.24) is 0 Å². The molecule has 1 fully saturated rings. The van der Waals surface area contributed by atoms with Gasteiger partial charge in [-0.25, -0.2) is 0 Å². The first-order chi connectivity index (χ1) is 8.19. The first-order valence-electron chi connectivity index (χ1n) is 6.16. The number of likely N-dealkylation sites (N-methyl/N-ethyl adjacent to an activating group) is 1. The number of methoxy groups -OCH3 is 1. The van der Waals surface area contributed by atoms with Gasteiger partial charge in [0, 0.05) is 10.0 Å². The third kappa shape index (κ3) is 3.44. The van der Waals surface area contributed by atoms with E-state index < -0.39 is 0 Å². The molecule has 0 bridgehead atoms. The lowest BCUT2D eigenvalue weighted by Gasteiger charge is -2.27. The number of piperazine rings is 1. The van der Waals surface area contributed by atoms with E-state index in [2.05, 4.69) is 29.0 Å². The predicted octanol–water partition coefficient (Wildman–Crippen LogP) is -0.629. The molecule has 0 aliphatic carbocycles. The monoisotopic (exact) mass is 300 g/mol. The molecule has 2 N–H and O–H groups in total. The molecule has 1 heterocycles. The molecule has 1 aromatic carbocycles. The number of hydrogen-bond donors (Lipinski definition) is 2. The SMILES string of the molecule is COc1ccc(Br)cc1C[NH+]1CC[NH+](C)CC1. The van der Waals surface area contributed by atoms with Crippen LogP contribution >= 0.6 is 15.9 Å². The number of hydrogen-bond acceptors (Lipinski definition) is 1. The van der Waals surface area contributed by atoms with Crippen LogP contribution in [0, 0.1) is 0 Å². The van der Waals surface area contributed by atoms with Gasteiger partial charge in [0.15, 0.2) is 0 Å². The summed E-state index contributed by atoms with van der Waals surface area (Å²) in [6.07, 6.45) is 0. The van der Waals surface area contributed by atoms with E-state index in [-0.39, 0.29) is 0 Å². The van der Waals surface area contributed by atoms with Gasteiger partial charge < -0.3 is 14.5 Å². The molecule has 2 rings (SSSR count). The van der Waals surface area contributed by atoms with Crippen molar-refractivity contribution < 1.29 is 14.5 Å². The van der Waals surface area contributed by atoms with E-state index in [1.165, 1.54) is 31.7 Å². The quantitative estimate of drug-likeness (QED) is 0.761. The van der Waals surface area contributed by atoms with Crippen LogP contribution in [0.25, 0.3) is 0 Å². The molecule has 0 saturated carbocycles. The van der Waals surface area contributed by atoms with Crippen LogP contribution in [0.4, 0.5) is 0 Å². The Labute approximate surface area is 111 Å². The fourth-order valence-electron chi connectivity index (χ4n) is 2.36.